The molecule has 0 saturated heterocycles. The molecule has 3 atom stereocenters. The lowest BCUT2D eigenvalue weighted by Crippen LogP contribution is -2.52. The molecular formula is C33H40N6O4S2. The molecule has 45 heavy (non-hydrogen) atoms. The van der Waals surface area contributed by atoms with Crippen molar-refractivity contribution in [2.75, 3.05) is 7.05 Å². The maximum Gasteiger partial charge on any atom is 0.407 e. The van der Waals surface area contributed by atoms with Gasteiger partial charge in [0.1, 0.15) is 12.6 Å². The molecule has 4 aromatic rings. The van der Waals surface area contributed by atoms with Gasteiger partial charge in [0.2, 0.25) is 5.91 Å². The molecule has 0 unspecified atom stereocenters. The molecule has 0 aliphatic heterocycles. The first-order valence-corrected chi connectivity index (χ1v) is 16.7. The second-order valence-electron chi connectivity index (χ2n) is 10.8. The zero-order valence-corrected chi connectivity index (χ0v) is 27.2. The normalized spacial score (nSPS) is 12.8. The molecule has 2 heterocycles. The summed E-state index contributed by atoms with van der Waals surface area (Å²) in [5.41, 5.74) is 5.60. The fourth-order valence-corrected chi connectivity index (χ4v) is 6.00. The average Bonchev–Trinajstić information content (AvgIpc) is 3.77. The number of ether oxygens (including phenoxy) is 1. The van der Waals surface area contributed by atoms with E-state index in [1.807, 2.05) is 67.6 Å². The van der Waals surface area contributed by atoms with Crippen molar-refractivity contribution >= 4 is 40.7 Å². The van der Waals surface area contributed by atoms with E-state index in [0.717, 1.165) is 20.9 Å². The van der Waals surface area contributed by atoms with E-state index in [2.05, 4.69) is 25.9 Å². The van der Waals surface area contributed by atoms with Crippen LogP contribution < -0.4 is 16.0 Å². The summed E-state index contributed by atoms with van der Waals surface area (Å²) in [6.07, 6.45) is 5.77. The molecule has 238 valence electrons. The number of carbonyl (C=O) groups excluding carboxylic acids is 3. The van der Waals surface area contributed by atoms with Gasteiger partial charge in [-0.3, -0.25) is 14.8 Å². The van der Waals surface area contributed by atoms with Crippen molar-refractivity contribution in [1.29, 1.82) is 0 Å². The molecule has 0 radical (unpaired) electrons. The fraction of sp³-hybridized carbons (Fsp3) is 0.364. The van der Waals surface area contributed by atoms with E-state index in [-0.39, 0.29) is 30.6 Å². The van der Waals surface area contributed by atoms with Gasteiger partial charge in [0.05, 0.1) is 22.4 Å². The Labute approximate surface area is 272 Å². The van der Waals surface area contributed by atoms with Gasteiger partial charge in [0.25, 0.3) is 0 Å². The molecule has 0 fully saturated rings. The monoisotopic (exact) mass is 648 g/mol. The number of hydrogen-bond donors (Lipinski definition) is 3. The minimum atomic E-state index is -0.695. The quantitative estimate of drug-likeness (QED) is 0.146. The third-order valence-electron chi connectivity index (χ3n) is 7.26. The third-order valence-corrected chi connectivity index (χ3v) is 8.77. The van der Waals surface area contributed by atoms with Crippen LogP contribution in [0.2, 0.25) is 0 Å². The van der Waals surface area contributed by atoms with Crippen LogP contribution in [0.5, 0.6) is 0 Å². The Balaban J connectivity index is 1.40. The Morgan fingerprint density at radius 3 is 1.89 bits per heavy atom. The van der Waals surface area contributed by atoms with Gasteiger partial charge in [0.15, 0.2) is 0 Å². The number of carbonyl (C=O) groups is 3. The third kappa shape index (κ3) is 11.6. The molecule has 2 aromatic heterocycles. The van der Waals surface area contributed by atoms with Crippen LogP contribution in [0.1, 0.15) is 47.1 Å². The van der Waals surface area contributed by atoms with Crippen LogP contribution in [0, 0.1) is 0 Å². The molecule has 0 aliphatic rings. The zero-order chi connectivity index (χ0) is 31.9. The lowest BCUT2D eigenvalue weighted by molar-refractivity contribution is -0.123. The number of nitrogens with zero attached hydrogens (tertiary/aromatic N) is 3. The molecule has 0 aliphatic carbocycles. The summed E-state index contributed by atoms with van der Waals surface area (Å²) in [6, 6.07) is 18.5. The Morgan fingerprint density at radius 1 is 0.800 bits per heavy atom. The first-order chi connectivity index (χ1) is 21.9. The Morgan fingerprint density at radius 2 is 1.36 bits per heavy atom. The predicted octanol–water partition coefficient (Wildman–Crippen LogP) is 5.57. The highest BCUT2D eigenvalue weighted by molar-refractivity contribution is 7.09. The highest BCUT2D eigenvalue weighted by atomic mass is 32.1. The van der Waals surface area contributed by atoms with Crippen LogP contribution in [-0.4, -0.2) is 58.1 Å². The smallest absolute Gasteiger partial charge is 0.407 e. The van der Waals surface area contributed by atoms with Crippen LogP contribution in [0.15, 0.2) is 84.1 Å². The van der Waals surface area contributed by atoms with Gasteiger partial charge in [0, 0.05) is 36.4 Å². The Bertz CT molecular complexity index is 1440. The summed E-state index contributed by atoms with van der Waals surface area (Å²) in [5.74, 6) is -0.241. The number of rotatable bonds is 16. The molecule has 0 saturated carbocycles. The molecule has 2 aromatic carbocycles. The molecule has 3 N–H and O–H groups in total. The van der Waals surface area contributed by atoms with E-state index < -0.39 is 12.1 Å². The van der Waals surface area contributed by atoms with Gasteiger partial charge < -0.3 is 25.6 Å². The highest BCUT2D eigenvalue weighted by Crippen LogP contribution is 2.15. The first-order valence-electron chi connectivity index (χ1n) is 15.0. The number of hydrogen-bond acceptors (Lipinski definition) is 8. The Kier molecular flexibility index (Phi) is 13.3. The number of amides is 4. The standard InChI is InChI=1S/C33H40N6O4S2/c1-3-30(38-32(41)39(2)20-28-18-34-22-44-28)31(40)36-26(16-24-10-6-4-7-11-24)14-15-27(17-25-12-8-5-9-13-25)37-33(42)43-21-29-19-35-23-45-29/h4-13,18-19,22-23,26-27,30H,3,14-17,20-21H2,1-2H3,(H,36,40)(H,37,42)(H,38,41)/t26-,27-,30+/m1/s1. The van der Waals surface area contributed by atoms with E-state index in [9.17, 15) is 14.4 Å². The summed E-state index contributed by atoms with van der Waals surface area (Å²) < 4.78 is 5.46. The van der Waals surface area contributed by atoms with Gasteiger partial charge in [-0.1, -0.05) is 67.6 Å². The molecule has 4 rings (SSSR count). The summed E-state index contributed by atoms with van der Waals surface area (Å²) in [6.45, 7) is 2.44. The fourth-order valence-electron chi connectivity index (χ4n) is 4.85. The summed E-state index contributed by atoms with van der Waals surface area (Å²) >= 11 is 2.90. The summed E-state index contributed by atoms with van der Waals surface area (Å²) in [4.78, 5) is 50.6. The number of nitrogens with one attached hydrogen (secondary N) is 3. The van der Waals surface area contributed by atoms with E-state index in [1.165, 1.54) is 22.7 Å². The van der Waals surface area contributed by atoms with Crippen LogP contribution >= 0.6 is 22.7 Å². The van der Waals surface area contributed by atoms with Gasteiger partial charge >= 0.3 is 12.1 Å². The van der Waals surface area contributed by atoms with Crippen LogP contribution in [0.25, 0.3) is 0 Å². The number of aromatic nitrogens is 2. The summed E-state index contributed by atoms with van der Waals surface area (Å²) in [7, 11) is 1.69. The van der Waals surface area contributed by atoms with Gasteiger partial charge in [-0.05, 0) is 43.2 Å². The SMILES string of the molecule is CC[C@H](NC(=O)N(C)Cc1cncs1)C(=O)N[C@H](CC[C@H](Cc1ccccc1)NC(=O)OCc1cncs1)Cc1ccccc1. The van der Waals surface area contributed by atoms with Crippen LogP contribution in [0.4, 0.5) is 9.59 Å². The van der Waals surface area contributed by atoms with Crippen molar-refractivity contribution in [3.05, 3.63) is 105 Å². The van der Waals surface area contributed by atoms with Crippen molar-refractivity contribution in [3.8, 4) is 0 Å². The number of alkyl carbamates (subject to hydrolysis) is 1. The van der Waals surface area contributed by atoms with Crippen molar-refractivity contribution in [3.63, 3.8) is 0 Å². The predicted molar refractivity (Wildman–Crippen MR) is 177 cm³/mol. The maximum atomic E-state index is 13.5. The van der Waals surface area contributed by atoms with Gasteiger partial charge in [-0.25, -0.2) is 9.59 Å². The van der Waals surface area contributed by atoms with E-state index in [1.54, 1.807) is 35.4 Å². The largest absolute Gasteiger partial charge is 0.444 e. The van der Waals surface area contributed by atoms with Crippen LogP contribution in [0.3, 0.4) is 0 Å². The zero-order valence-electron chi connectivity index (χ0n) is 25.6. The van der Waals surface area contributed by atoms with E-state index in [0.29, 0.717) is 38.6 Å². The second kappa shape index (κ2) is 17.9. The van der Waals surface area contributed by atoms with Crippen molar-refractivity contribution in [2.24, 2.45) is 0 Å². The van der Waals surface area contributed by atoms with Crippen molar-refractivity contribution < 1.29 is 19.1 Å². The van der Waals surface area contributed by atoms with E-state index in [4.69, 9.17) is 4.74 Å². The van der Waals surface area contributed by atoms with Crippen LogP contribution in [-0.2, 0) is 35.5 Å². The van der Waals surface area contributed by atoms with Gasteiger partial charge in [-0.15, -0.1) is 22.7 Å². The number of thiazole rings is 2. The summed E-state index contributed by atoms with van der Waals surface area (Å²) in [5, 5.41) is 9.11. The van der Waals surface area contributed by atoms with Crippen molar-refractivity contribution in [2.45, 2.75) is 70.3 Å². The minimum absolute atomic E-state index is 0.158. The molecule has 12 heteroatoms. The molecule has 0 spiro atoms. The second-order valence-corrected chi connectivity index (χ2v) is 12.7. The molecular weight excluding hydrogens is 609 g/mol. The maximum absolute atomic E-state index is 13.5. The molecule has 0 bridgehead atoms. The van der Waals surface area contributed by atoms with Crippen molar-refractivity contribution in [1.82, 2.24) is 30.8 Å². The number of urea groups is 1. The Hall–Kier alpha value is -4.29. The topological polar surface area (TPSA) is 126 Å². The van der Waals surface area contributed by atoms with E-state index >= 15 is 0 Å². The first kappa shape index (κ1) is 33.6. The molecule has 10 nitrogen and oxygen atoms in total. The lowest BCUT2D eigenvalue weighted by atomic mass is 9.95. The highest BCUT2D eigenvalue weighted by Gasteiger charge is 2.25. The average molecular weight is 649 g/mol. The number of benzene rings is 2. The minimum Gasteiger partial charge on any atom is -0.444 e. The van der Waals surface area contributed by atoms with Gasteiger partial charge in [-0.2, -0.15) is 0 Å². The molecule has 4 amide bonds. The lowest BCUT2D eigenvalue weighted by Gasteiger charge is -2.26.